The van der Waals surface area contributed by atoms with Crippen molar-refractivity contribution >= 4 is 28.9 Å². The first-order valence-electron chi connectivity index (χ1n) is 10.1. The van der Waals surface area contributed by atoms with E-state index in [2.05, 4.69) is 15.3 Å². The number of anilines is 1. The number of fused-ring (bicyclic) bond motifs is 1. The van der Waals surface area contributed by atoms with Crippen molar-refractivity contribution in [3.63, 3.8) is 0 Å². The van der Waals surface area contributed by atoms with E-state index in [1.54, 1.807) is 38.1 Å². The molecule has 1 atom stereocenters. The zero-order valence-electron chi connectivity index (χ0n) is 18.0. The summed E-state index contributed by atoms with van der Waals surface area (Å²) in [6.45, 7) is 3.28. The summed E-state index contributed by atoms with van der Waals surface area (Å²) in [5.74, 6) is -1.94. The lowest BCUT2D eigenvalue weighted by Gasteiger charge is -2.19. The van der Waals surface area contributed by atoms with Gasteiger partial charge in [0, 0.05) is 22.9 Å². The molecule has 0 fully saturated rings. The summed E-state index contributed by atoms with van der Waals surface area (Å²) in [4.78, 5) is 33.2. The molecule has 0 saturated carbocycles. The van der Waals surface area contributed by atoms with Gasteiger partial charge in [0.25, 0.3) is 5.56 Å². The Balaban J connectivity index is 1.88. The van der Waals surface area contributed by atoms with Gasteiger partial charge in [-0.05, 0) is 44.2 Å². The molecule has 10 heteroatoms. The molecule has 170 valence electrons. The van der Waals surface area contributed by atoms with Crippen molar-refractivity contribution in [2.24, 2.45) is 0 Å². The Morgan fingerprint density at radius 3 is 2.59 bits per heavy atom. The molecule has 0 saturated heterocycles. The molecular weight excluding hydrogens is 461 g/mol. The molecule has 3 heterocycles. The van der Waals surface area contributed by atoms with Gasteiger partial charge in [-0.3, -0.25) is 9.20 Å². The number of rotatable bonds is 5. The number of nitriles is 1. The number of carboxylic acid groups (broad SMARTS) is 1. The van der Waals surface area contributed by atoms with Gasteiger partial charge in [-0.1, -0.05) is 23.7 Å². The molecule has 4 rings (SSSR count). The summed E-state index contributed by atoms with van der Waals surface area (Å²) < 4.78 is 15.6. The first kappa shape index (κ1) is 22.9. The smallest absolute Gasteiger partial charge is 0.356 e. The molecule has 2 N–H and O–H groups in total. The van der Waals surface area contributed by atoms with E-state index in [0.717, 1.165) is 10.6 Å². The number of carbonyl (C=O) groups is 1. The topological polar surface area (TPSA) is 120 Å². The number of benzene rings is 1. The van der Waals surface area contributed by atoms with Crippen LogP contribution in [-0.2, 0) is 0 Å². The number of nitrogens with zero attached hydrogens (tertiary/aromatic N) is 4. The zero-order valence-corrected chi connectivity index (χ0v) is 18.8. The second-order valence-corrected chi connectivity index (χ2v) is 7.98. The lowest BCUT2D eigenvalue weighted by molar-refractivity contribution is 0.0691. The largest absolute Gasteiger partial charge is 0.476 e. The second kappa shape index (κ2) is 8.92. The number of hydrogen-bond donors (Lipinski definition) is 2. The molecular formula is C24H17ClFN5O3. The fourth-order valence-electron chi connectivity index (χ4n) is 3.65. The van der Waals surface area contributed by atoms with Crippen molar-refractivity contribution in [2.45, 2.75) is 19.9 Å². The maximum atomic E-state index is 14.5. The Morgan fingerprint density at radius 2 is 1.94 bits per heavy atom. The average Bonchev–Trinajstić information content (AvgIpc) is 2.82. The van der Waals surface area contributed by atoms with Crippen molar-refractivity contribution in [3.05, 3.63) is 92.4 Å². The Hall–Kier alpha value is -4.29. The number of pyridine rings is 2. The number of halogens is 2. The van der Waals surface area contributed by atoms with E-state index in [1.165, 1.54) is 18.2 Å². The van der Waals surface area contributed by atoms with Crippen LogP contribution in [-0.4, -0.2) is 25.4 Å². The summed E-state index contributed by atoms with van der Waals surface area (Å²) in [6.07, 6.45) is 1.06. The summed E-state index contributed by atoms with van der Waals surface area (Å²) in [5.41, 5.74) is 1.77. The van der Waals surface area contributed by atoms with Gasteiger partial charge in [-0.2, -0.15) is 5.26 Å². The predicted molar refractivity (Wildman–Crippen MR) is 125 cm³/mol. The number of aromatic carboxylic acids is 1. The SMILES string of the molecule is Cc1c(-c2ccc(C#N)cc2)nc2c([C@@H](C)Nc3ccc(Cl)nc3C(=O)O)cc(F)cn2c1=O. The first-order valence-corrected chi connectivity index (χ1v) is 10.5. The van der Waals surface area contributed by atoms with Gasteiger partial charge < -0.3 is 10.4 Å². The van der Waals surface area contributed by atoms with E-state index < -0.39 is 23.4 Å². The van der Waals surface area contributed by atoms with Gasteiger partial charge in [0.05, 0.1) is 29.1 Å². The van der Waals surface area contributed by atoms with E-state index in [9.17, 15) is 19.1 Å². The van der Waals surface area contributed by atoms with Crippen molar-refractivity contribution in [2.75, 3.05) is 5.32 Å². The minimum absolute atomic E-state index is 0.0163. The fraction of sp³-hybridized carbons (Fsp3) is 0.125. The Kier molecular flexibility index (Phi) is 6.01. The van der Waals surface area contributed by atoms with Crippen LogP contribution in [0.4, 0.5) is 10.1 Å². The van der Waals surface area contributed by atoms with Crippen molar-refractivity contribution in [1.82, 2.24) is 14.4 Å². The molecule has 0 amide bonds. The van der Waals surface area contributed by atoms with Gasteiger partial charge in [0.1, 0.15) is 16.6 Å². The molecule has 4 aromatic rings. The zero-order chi connectivity index (χ0) is 24.6. The maximum Gasteiger partial charge on any atom is 0.356 e. The van der Waals surface area contributed by atoms with Crippen molar-refractivity contribution in [1.29, 1.82) is 5.26 Å². The Bertz CT molecular complexity index is 1540. The molecule has 0 unspecified atom stereocenters. The van der Waals surface area contributed by atoms with Crippen LogP contribution >= 0.6 is 11.6 Å². The number of hydrogen-bond acceptors (Lipinski definition) is 6. The summed E-state index contributed by atoms with van der Waals surface area (Å²) in [6, 6.07) is 12.1. The molecule has 0 aliphatic rings. The highest BCUT2D eigenvalue weighted by Gasteiger charge is 2.20. The summed E-state index contributed by atoms with van der Waals surface area (Å²) >= 11 is 5.82. The highest BCUT2D eigenvalue weighted by atomic mass is 35.5. The molecule has 0 aliphatic heterocycles. The van der Waals surface area contributed by atoms with Gasteiger partial charge >= 0.3 is 5.97 Å². The van der Waals surface area contributed by atoms with Crippen molar-refractivity contribution < 1.29 is 14.3 Å². The third kappa shape index (κ3) is 4.19. The molecule has 0 radical (unpaired) electrons. The highest BCUT2D eigenvalue weighted by Crippen LogP contribution is 2.28. The quantitative estimate of drug-likeness (QED) is 0.403. The third-order valence-corrected chi connectivity index (χ3v) is 5.55. The Morgan fingerprint density at radius 1 is 1.24 bits per heavy atom. The van der Waals surface area contributed by atoms with Crippen LogP contribution in [0.5, 0.6) is 0 Å². The molecule has 0 spiro atoms. The van der Waals surface area contributed by atoms with Gasteiger partial charge in [-0.15, -0.1) is 0 Å². The van der Waals surface area contributed by atoms with Gasteiger partial charge in [0.2, 0.25) is 0 Å². The minimum Gasteiger partial charge on any atom is -0.476 e. The third-order valence-electron chi connectivity index (χ3n) is 5.33. The van der Waals surface area contributed by atoms with Gasteiger partial charge in [0.15, 0.2) is 5.69 Å². The minimum atomic E-state index is -1.28. The molecule has 34 heavy (non-hydrogen) atoms. The monoisotopic (exact) mass is 477 g/mol. The van der Waals surface area contributed by atoms with Crippen LogP contribution in [0.1, 0.15) is 40.1 Å². The lowest BCUT2D eigenvalue weighted by atomic mass is 10.0. The predicted octanol–water partition coefficient (Wildman–Crippen LogP) is 4.60. The van der Waals surface area contributed by atoms with Crippen LogP contribution < -0.4 is 10.9 Å². The average molecular weight is 478 g/mol. The summed E-state index contributed by atoms with van der Waals surface area (Å²) in [5, 5.41) is 21.5. The van der Waals surface area contributed by atoms with E-state index in [0.29, 0.717) is 27.9 Å². The van der Waals surface area contributed by atoms with E-state index in [-0.39, 0.29) is 22.2 Å². The lowest BCUT2D eigenvalue weighted by Crippen LogP contribution is -2.22. The summed E-state index contributed by atoms with van der Waals surface area (Å²) in [7, 11) is 0. The molecule has 0 bridgehead atoms. The fourth-order valence-corrected chi connectivity index (χ4v) is 3.79. The molecule has 3 aromatic heterocycles. The van der Waals surface area contributed by atoms with Crippen LogP contribution in [0.25, 0.3) is 16.9 Å². The van der Waals surface area contributed by atoms with Crippen LogP contribution in [0.2, 0.25) is 5.15 Å². The molecule has 8 nitrogen and oxygen atoms in total. The Labute approximate surface area is 197 Å². The van der Waals surface area contributed by atoms with Crippen LogP contribution in [0.15, 0.2) is 53.5 Å². The van der Waals surface area contributed by atoms with Crippen molar-refractivity contribution in [3.8, 4) is 17.3 Å². The molecule has 0 aliphatic carbocycles. The number of nitrogens with one attached hydrogen (secondary N) is 1. The number of aromatic nitrogens is 3. The standard InChI is InChI=1S/C24H17ClFN5O3/c1-12-20(15-5-3-14(10-27)4-6-15)30-22-17(9-16(26)11-31(22)23(12)32)13(2)28-18-7-8-19(25)29-21(18)24(33)34/h3-9,11,13,28H,1-2H3,(H,33,34)/t13-/m1/s1. The van der Waals surface area contributed by atoms with E-state index in [4.69, 9.17) is 16.9 Å². The number of carboxylic acids is 1. The van der Waals surface area contributed by atoms with E-state index in [1.807, 2.05) is 6.07 Å². The van der Waals surface area contributed by atoms with E-state index >= 15 is 0 Å². The molecule has 1 aromatic carbocycles. The van der Waals surface area contributed by atoms with Gasteiger partial charge in [-0.25, -0.2) is 19.2 Å². The normalized spacial score (nSPS) is 11.7. The highest BCUT2D eigenvalue weighted by molar-refractivity contribution is 6.29. The second-order valence-electron chi connectivity index (χ2n) is 7.59. The maximum absolute atomic E-state index is 14.5. The van der Waals surface area contributed by atoms with Crippen LogP contribution in [0, 0.1) is 24.1 Å². The first-order chi connectivity index (χ1) is 16.2. The van der Waals surface area contributed by atoms with Crippen LogP contribution in [0.3, 0.4) is 0 Å².